The largest absolute Gasteiger partial charge is 0.320 e. The summed E-state index contributed by atoms with van der Waals surface area (Å²) in [6, 6.07) is 0.197. The molecule has 0 aliphatic heterocycles. The van der Waals surface area contributed by atoms with Gasteiger partial charge in [0.25, 0.3) is 0 Å². The van der Waals surface area contributed by atoms with E-state index in [4.69, 9.17) is 0 Å². The summed E-state index contributed by atoms with van der Waals surface area (Å²) in [6.07, 6.45) is 5.97. The van der Waals surface area contributed by atoms with E-state index >= 15 is 0 Å². The highest BCUT2D eigenvalue weighted by molar-refractivity contribution is 7.89. The first-order valence-electron chi connectivity index (χ1n) is 6.78. The van der Waals surface area contributed by atoms with E-state index in [9.17, 15) is 8.42 Å². The van der Waals surface area contributed by atoms with E-state index in [1.165, 1.54) is 6.20 Å². The molecule has 1 heterocycles. The molecule has 0 bridgehead atoms. The minimum atomic E-state index is -3.36. The number of hydrogen-bond donors (Lipinski definition) is 1. The van der Waals surface area contributed by atoms with Gasteiger partial charge in [0.2, 0.25) is 10.0 Å². The molecule has 0 amide bonds. The first-order chi connectivity index (χ1) is 9.09. The van der Waals surface area contributed by atoms with Gasteiger partial charge in [-0.2, -0.15) is 9.40 Å². The normalized spacial score (nSPS) is 16.2. The lowest BCUT2D eigenvalue weighted by Crippen LogP contribution is -2.32. The maximum absolute atomic E-state index is 12.4. The predicted octanol–water partition coefficient (Wildman–Crippen LogP) is 0.666. The average Bonchev–Trinajstić information content (AvgIpc) is 3.07. The molecule has 1 aliphatic rings. The fraction of sp³-hybridized carbons (Fsp3) is 0.750. The predicted molar refractivity (Wildman–Crippen MR) is 73.4 cm³/mol. The lowest BCUT2D eigenvalue weighted by Gasteiger charge is -2.18. The van der Waals surface area contributed by atoms with E-state index in [2.05, 4.69) is 10.4 Å². The smallest absolute Gasteiger partial charge is 0.246 e. The SMILES string of the molecule is CCN(C1CC1)S(=O)(=O)c1cnn(CCCNC)c1. The third-order valence-corrected chi connectivity index (χ3v) is 5.28. The van der Waals surface area contributed by atoms with Crippen LogP contribution in [0.4, 0.5) is 0 Å². The van der Waals surface area contributed by atoms with Gasteiger partial charge in [-0.25, -0.2) is 8.42 Å². The second kappa shape index (κ2) is 6.02. The van der Waals surface area contributed by atoms with Crippen LogP contribution in [0.15, 0.2) is 17.3 Å². The molecule has 1 aromatic heterocycles. The van der Waals surface area contributed by atoms with Crippen LogP contribution in [0.5, 0.6) is 0 Å². The van der Waals surface area contributed by atoms with Crippen LogP contribution in [0.1, 0.15) is 26.2 Å². The van der Waals surface area contributed by atoms with Gasteiger partial charge in [-0.1, -0.05) is 6.92 Å². The fourth-order valence-electron chi connectivity index (χ4n) is 2.14. The molecule has 108 valence electrons. The van der Waals surface area contributed by atoms with Gasteiger partial charge in [0.1, 0.15) is 4.90 Å². The van der Waals surface area contributed by atoms with E-state index < -0.39 is 10.0 Å². The van der Waals surface area contributed by atoms with Crippen LogP contribution < -0.4 is 5.32 Å². The standard InChI is InChI=1S/C12H22N4O2S/c1-3-16(11-5-6-11)19(17,18)12-9-14-15(10-12)8-4-7-13-2/h9-11,13H,3-8H2,1-2H3. The Morgan fingerprint density at radius 3 is 2.84 bits per heavy atom. The molecule has 19 heavy (non-hydrogen) atoms. The van der Waals surface area contributed by atoms with Crippen molar-refractivity contribution in [2.24, 2.45) is 0 Å². The van der Waals surface area contributed by atoms with E-state index in [-0.39, 0.29) is 6.04 Å². The van der Waals surface area contributed by atoms with Crippen LogP contribution in [-0.4, -0.2) is 48.7 Å². The van der Waals surface area contributed by atoms with Crippen LogP contribution in [0.2, 0.25) is 0 Å². The highest BCUT2D eigenvalue weighted by atomic mass is 32.2. The van der Waals surface area contributed by atoms with Crippen molar-refractivity contribution < 1.29 is 8.42 Å². The summed E-state index contributed by atoms with van der Waals surface area (Å²) in [5.74, 6) is 0. The summed E-state index contributed by atoms with van der Waals surface area (Å²) in [5, 5.41) is 7.19. The molecule has 1 aliphatic carbocycles. The summed E-state index contributed by atoms with van der Waals surface area (Å²) < 4.78 is 28.2. The average molecular weight is 286 g/mol. The quantitative estimate of drug-likeness (QED) is 0.713. The number of aromatic nitrogens is 2. The van der Waals surface area contributed by atoms with E-state index in [0.717, 1.165) is 32.4 Å². The molecule has 0 spiro atoms. The Morgan fingerprint density at radius 2 is 2.26 bits per heavy atom. The third-order valence-electron chi connectivity index (χ3n) is 3.30. The van der Waals surface area contributed by atoms with Crippen molar-refractivity contribution in [1.82, 2.24) is 19.4 Å². The fourth-order valence-corrected chi connectivity index (χ4v) is 3.79. The number of sulfonamides is 1. The van der Waals surface area contributed by atoms with E-state index in [1.54, 1.807) is 15.2 Å². The Balaban J connectivity index is 2.07. The first kappa shape index (κ1) is 14.5. The lowest BCUT2D eigenvalue weighted by atomic mass is 10.4. The number of hydrogen-bond acceptors (Lipinski definition) is 4. The molecule has 1 fully saturated rings. The van der Waals surface area contributed by atoms with Crippen molar-refractivity contribution in [3.8, 4) is 0 Å². The van der Waals surface area contributed by atoms with Gasteiger partial charge in [0, 0.05) is 25.3 Å². The van der Waals surface area contributed by atoms with Crippen molar-refractivity contribution in [3.63, 3.8) is 0 Å². The molecular weight excluding hydrogens is 264 g/mol. The number of nitrogens with one attached hydrogen (secondary N) is 1. The maximum atomic E-state index is 12.4. The zero-order valence-corrected chi connectivity index (χ0v) is 12.4. The summed E-state index contributed by atoms with van der Waals surface area (Å²) in [6.45, 7) is 4.03. The monoisotopic (exact) mass is 286 g/mol. The van der Waals surface area contributed by atoms with Crippen molar-refractivity contribution in [2.45, 2.75) is 43.7 Å². The van der Waals surface area contributed by atoms with Gasteiger partial charge < -0.3 is 5.32 Å². The van der Waals surface area contributed by atoms with Gasteiger partial charge in [-0.3, -0.25) is 4.68 Å². The molecule has 1 saturated carbocycles. The van der Waals surface area contributed by atoms with Crippen molar-refractivity contribution in [1.29, 1.82) is 0 Å². The number of nitrogens with zero attached hydrogens (tertiary/aromatic N) is 3. The summed E-state index contributed by atoms with van der Waals surface area (Å²) in [4.78, 5) is 0.311. The van der Waals surface area contributed by atoms with Crippen LogP contribution >= 0.6 is 0 Å². The van der Waals surface area contributed by atoms with Gasteiger partial charge >= 0.3 is 0 Å². The van der Waals surface area contributed by atoms with Crippen LogP contribution in [-0.2, 0) is 16.6 Å². The van der Waals surface area contributed by atoms with Crippen LogP contribution in [0, 0.1) is 0 Å². The van der Waals surface area contributed by atoms with Crippen molar-refractivity contribution in [3.05, 3.63) is 12.4 Å². The summed E-state index contributed by atoms with van der Waals surface area (Å²) in [5.41, 5.74) is 0. The van der Waals surface area contributed by atoms with Crippen molar-refractivity contribution in [2.75, 3.05) is 20.1 Å². The van der Waals surface area contributed by atoms with E-state index in [0.29, 0.717) is 11.4 Å². The number of aryl methyl sites for hydroxylation is 1. The molecule has 0 atom stereocenters. The molecule has 0 radical (unpaired) electrons. The third kappa shape index (κ3) is 3.34. The second-order valence-electron chi connectivity index (χ2n) is 4.84. The zero-order chi connectivity index (χ0) is 13.9. The molecule has 0 unspecified atom stereocenters. The van der Waals surface area contributed by atoms with Crippen LogP contribution in [0.25, 0.3) is 0 Å². The minimum Gasteiger partial charge on any atom is -0.320 e. The molecule has 1 aromatic rings. The maximum Gasteiger partial charge on any atom is 0.246 e. The highest BCUT2D eigenvalue weighted by Crippen LogP contribution is 2.31. The Morgan fingerprint density at radius 1 is 1.53 bits per heavy atom. The van der Waals surface area contributed by atoms with Gasteiger partial charge in [-0.15, -0.1) is 0 Å². The van der Waals surface area contributed by atoms with Gasteiger partial charge in [0.15, 0.2) is 0 Å². The Hall–Kier alpha value is -0.920. The molecule has 0 aromatic carbocycles. The molecule has 2 rings (SSSR count). The first-order valence-corrected chi connectivity index (χ1v) is 8.22. The molecule has 0 saturated heterocycles. The van der Waals surface area contributed by atoms with Gasteiger partial charge in [-0.05, 0) is 32.9 Å². The van der Waals surface area contributed by atoms with Gasteiger partial charge in [0.05, 0.1) is 6.20 Å². The lowest BCUT2D eigenvalue weighted by molar-refractivity contribution is 0.421. The molecular formula is C12H22N4O2S. The Bertz CT molecular complexity index is 508. The molecule has 6 nitrogen and oxygen atoms in total. The number of rotatable bonds is 8. The zero-order valence-electron chi connectivity index (χ0n) is 11.5. The summed E-state index contributed by atoms with van der Waals surface area (Å²) in [7, 11) is -1.47. The Labute approximate surface area is 114 Å². The Kier molecular flexibility index (Phi) is 4.59. The van der Waals surface area contributed by atoms with Crippen LogP contribution in [0.3, 0.4) is 0 Å². The summed E-state index contributed by atoms with van der Waals surface area (Å²) >= 11 is 0. The highest BCUT2D eigenvalue weighted by Gasteiger charge is 2.37. The van der Waals surface area contributed by atoms with E-state index in [1.807, 2.05) is 14.0 Å². The second-order valence-corrected chi connectivity index (χ2v) is 6.73. The van der Waals surface area contributed by atoms with Crippen molar-refractivity contribution >= 4 is 10.0 Å². The molecule has 1 N–H and O–H groups in total. The minimum absolute atomic E-state index is 0.197. The molecule has 7 heteroatoms. The topological polar surface area (TPSA) is 67.2 Å².